The maximum absolute atomic E-state index is 11.6. The number of hydrogen-bond donors (Lipinski definition) is 3. The highest BCUT2D eigenvalue weighted by atomic mass is 16.4. The van der Waals surface area contributed by atoms with Crippen molar-refractivity contribution in [3.63, 3.8) is 0 Å². The standard InChI is InChI=1S/C12H19NO4/c14-10(12(16)17)6-13-11(15)5-9-4-7-1-2-8(9)3-7/h7-10,14H,1-6H2,(H,13,15)(H,16,17). The molecule has 5 heteroatoms. The zero-order valence-corrected chi connectivity index (χ0v) is 9.76. The summed E-state index contributed by atoms with van der Waals surface area (Å²) in [6.45, 7) is -0.199. The smallest absolute Gasteiger partial charge is 0.334 e. The summed E-state index contributed by atoms with van der Waals surface area (Å²) in [4.78, 5) is 21.9. The minimum absolute atomic E-state index is 0.136. The van der Waals surface area contributed by atoms with E-state index in [1.165, 1.54) is 19.3 Å². The van der Waals surface area contributed by atoms with E-state index in [1.807, 2.05) is 0 Å². The molecular weight excluding hydrogens is 222 g/mol. The first-order valence-electron chi connectivity index (χ1n) is 6.24. The summed E-state index contributed by atoms with van der Waals surface area (Å²) in [5, 5.41) is 20.0. The number of carbonyl (C=O) groups is 2. The third-order valence-electron chi connectivity index (χ3n) is 4.11. The Labute approximate surface area is 100 Å². The average Bonchev–Trinajstić information content (AvgIpc) is 2.87. The minimum atomic E-state index is -1.50. The second-order valence-electron chi connectivity index (χ2n) is 5.30. The number of hydrogen-bond acceptors (Lipinski definition) is 3. The molecule has 2 bridgehead atoms. The number of aliphatic hydroxyl groups is 1. The molecular formula is C12H19NO4. The van der Waals surface area contributed by atoms with Gasteiger partial charge in [-0.15, -0.1) is 0 Å². The Morgan fingerprint density at radius 1 is 1.29 bits per heavy atom. The number of rotatable bonds is 5. The number of carbonyl (C=O) groups excluding carboxylic acids is 1. The van der Waals surface area contributed by atoms with Crippen LogP contribution in [-0.2, 0) is 9.59 Å². The summed E-state index contributed by atoms with van der Waals surface area (Å²) in [5.74, 6) is 0.529. The van der Waals surface area contributed by atoms with E-state index >= 15 is 0 Å². The van der Waals surface area contributed by atoms with Gasteiger partial charge >= 0.3 is 5.97 Å². The zero-order valence-electron chi connectivity index (χ0n) is 9.76. The summed E-state index contributed by atoms with van der Waals surface area (Å²) >= 11 is 0. The van der Waals surface area contributed by atoms with Crippen molar-refractivity contribution >= 4 is 11.9 Å². The molecule has 2 aliphatic carbocycles. The van der Waals surface area contributed by atoms with Crippen LogP contribution in [0.2, 0.25) is 0 Å². The molecule has 3 N–H and O–H groups in total. The van der Waals surface area contributed by atoms with Gasteiger partial charge in [0.1, 0.15) is 0 Å². The van der Waals surface area contributed by atoms with E-state index in [-0.39, 0.29) is 12.5 Å². The fourth-order valence-corrected chi connectivity index (χ4v) is 3.23. The minimum Gasteiger partial charge on any atom is -0.479 e. The summed E-state index contributed by atoms with van der Waals surface area (Å²) in [6.07, 6.45) is 3.92. The number of aliphatic carboxylic acids is 1. The second kappa shape index (κ2) is 5.04. The van der Waals surface area contributed by atoms with Crippen molar-refractivity contribution in [2.45, 2.75) is 38.2 Å². The SMILES string of the molecule is O=C(CC1CC2CCC1C2)NCC(O)C(=O)O. The molecule has 5 nitrogen and oxygen atoms in total. The first kappa shape index (κ1) is 12.4. The molecule has 17 heavy (non-hydrogen) atoms. The molecule has 2 aliphatic rings. The molecule has 2 rings (SSSR count). The molecule has 2 fully saturated rings. The Morgan fingerprint density at radius 2 is 2.06 bits per heavy atom. The van der Waals surface area contributed by atoms with Gasteiger partial charge in [-0.1, -0.05) is 6.42 Å². The van der Waals surface area contributed by atoms with Gasteiger partial charge in [-0.05, 0) is 37.0 Å². The lowest BCUT2D eigenvalue weighted by atomic mass is 9.86. The van der Waals surface area contributed by atoms with Crippen molar-refractivity contribution in [2.75, 3.05) is 6.54 Å². The maximum Gasteiger partial charge on any atom is 0.334 e. The molecule has 2 saturated carbocycles. The van der Waals surface area contributed by atoms with E-state index in [1.54, 1.807) is 0 Å². The maximum atomic E-state index is 11.6. The highest BCUT2D eigenvalue weighted by Crippen LogP contribution is 2.49. The van der Waals surface area contributed by atoms with E-state index in [2.05, 4.69) is 5.32 Å². The number of carboxylic acids is 1. The zero-order chi connectivity index (χ0) is 12.4. The van der Waals surface area contributed by atoms with Gasteiger partial charge in [-0.2, -0.15) is 0 Å². The van der Waals surface area contributed by atoms with Crippen LogP contribution in [0.25, 0.3) is 0 Å². The number of nitrogens with one attached hydrogen (secondary N) is 1. The fraction of sp³-hybridized carbons (Fsp3) is 0.833. The third-order valence-corrected chi connectivity index (χ3v) is 4.11. The average molecular weight is 241 g/mol. The Hall–Kier alpha value is -1.10. The summed E-state index contributed by atoms with van der Waals surface area (Å²) in [7, 11) is 0. The third kappa shape index (κ3) is 2.97. The lowest BCUT2D eigenvalue weighted by Gasteiger charge is -2.21. The summed E-state index contributed by atoms with van der Waals surface area (Å²) in [6, 6.07) is 0. The van der Waals surface area contributed by atoms with Crippen molar-refractivity contribution in [3.05, 3.63) is 0 Å². The lowest BCUT2D eigenvalue weighted by Crippen LogP contribution is -2.37. The van der Waals surface area contributed by atoms with Crippen LogP contribution in [0.15, 0.2) is 0 Å². The van der Waals surface area contributed by atoms with Gasteiger partial charge in [0.15, 0.2) is 6.10 Å². The van der Waals surface area contributed by atoms with E-state index in [4.69, 9.17) is 10.2 Å². The Balaban J connectivity index is 1.69. The van der Waals surface area contributed by atoms with Crippen LogP contribution in [0.3, 0.4) is 0 Å². The predicted octanol–water partition coefficient (Wildman–Crippen LogP) is 0.374. The monoisotopic (exact) mass is 241 g/mol. The second-order valence-corrected chi connectivity index (χ2v) is 5.30. The van der Waals surface area contributed by atoms with Crippen LogP contribution in [0.5, 0.6) is 0 Å². The molecule has 0 spiro atoms. The van der Waals surface area contributed by atoms with Gasteiger partial charge in [0.25, 0.3) is 0 Å². The van der Waals surface area contributed by atoms with Crippen LogP contribution in [0.1, 0.15) is 32.1 Å². The van der Waals surface area contributed by atoms with Crippen LogP contribution >= 0.6 is 0 Å². The molecule has 0 aromatic rings. The largest absolute Gasteiger partial charge is 0.479 e. The topological polar surface area (TPSA) is 86.6 Å². The van der Waals surface area contributed by atoms with E-state index < -0.39 is 12.1 Å². The predicted molar refractivity (Wildman–Crippen MR) is 60.2 cm³/mol. The number of fused-ring (bicyclic) bond motifs is 2. The Morgan fingerprint density at radius 3 is 2.59 bits per heavy atom. The number of amides is 1. The lowest BCUT2D eigenvalue weighted by molar-refractivity contribution is -0.146. The Bertz CT molecular complexity index is 318. The van der Waals surface area contributed by atoms with Gasteiger partial charge in [-0.25, -0.2) is 4.79 Å². The molecule has 0 aromatic heterocycles. The van der Waals surface area contributed by atoms with Crippen LogP contribution in [0, 0.1) is 17.8 Å². The summed E-state index contributed by atoms with van der Waals surface area (Å²) < 4.78 is 0. The van der Waals surface area contributed by atoms with Gasteiger partial charge in [-0.3, -0.25) is 4.79 Å². The fourth-order valence-electron chi connectivity index (χ4n) is 3.23. The number of carboxylic acid groups (broad SMARTS) is 1. The van der Waals surface area contributed by atoms with Crippen molar-refractivity contribution in [2.24, 2.45) is 17.8 Å². The molecule has 0 aliphatic heterocycles. The van der Waals surface area contributed by atoms with Gasteiger partial charge in [0.2, 0.25) is 5.91 Å². The highest BCUT2D eigenvalue weighted by Gasteiger charge is 2.40. The first-order chi connectivity index (χ1) is 8.06. The molecule has 0 radical (unpaired) electrons. The van der Waals surface area contributed by atoms with Gasteiger partial charge < -0.3 is 15.5 Å². The summed E-state index contributed by atoms with van der Waals surface area (Å²) in [5.41, 5.74) is 0. The molecule has 0 heterocycles. The molecule has 4 atom stereocenters. The van der Waals surface area contributed by atoms with Crippen LogP contribution in [-0.4, -0.2) is 34.7 Å². The van der Waals surface area contributed by atoms with Crippen LogP contribution < -0.4 is 5.32 Å². The van der Waals surface area contributed by atoms with Crippen molar-refractivity contribution in [1.29, 1.82) is 0 Å². The quantitative estimate of drug-likeness (QED) is 0.649. The van der Waals surface area contributed by atoms with Gasteiger partial charge in [0, 0.05) is 6.42 Å². The molecule has 1 amide bonds. The van der Waals surface area contributed by atoms with Gasteiger partial charge in [0.05, 0.1) is 6.54 Å². The first-order valence-corrected chi connectivity index (χ1v) is 6.24. The molecule has 0 aromatic carbocycles. The normalized spacial score (nSPS) is 32.4. The molecule has 4 unspecified atom stereocenters. The van der Waals surface area contributed by atoms with Crippen molar-refractivity contribution in [1.82, 2.24) is 5.32 Å². The van der Waals surface area contributed by atoms with Crippen molar-refractivity contribution in [3.8, 4) is 0 Å². The van der Waals surface area contributed by atoms with E-state index in [9.17, 15) is 9.59 Å². The van der Waals surface area contributed by atoms with Crippen LogP contribution in [0.4, 0.5) is 0 Å². The van der Waals surface area contributed by atoms with E-state index in [0.717, 1.165) is 12.3 Å². The highest BCUT2D eigenvalue weighted by molar-refractivity contribution is 5.78. The van der Waals surface area contributed by atoms with E-state index in [0.29, 0.717) is 18.3 Å². The van der Waals surface area contributed by atoms with Crippen molar-refractivity contribution < 1.29 is 19.8 Å². The molecule has 0 saturated heterocycles. The number of aliphatic hydroxyl groups excluding tert-OH is 1. The Kier molecular flexibility index (Phi) is 3.66. The molecule has 96 valence electrons.